The van der Waals surface area contributed by atoms with Crippen LogP contribution < -0.4 is 9.80 Å². The standard InChI is InChI=1S/C28H23N3.C19H15N2OP.C11H15NO.2H2O/c1-4-31(5-2)22-15-12-20(13-16-22)10-11-21-14-17-24-26(18-21)28(30-3)25-9-7-6-8-23(25)27(24)19-29;1-23(12-22)11-13-6-7-16-17(8-13)19(10-21)15-5-3-2-4-14(15)18(16)9-20;1-3-12(4-2)11-7-5-10(9-13)6-8-11;;/h6-18H,4-5H2,1-2H3;2-8,22H,11-12H2,1H3;5-9H,3-4H2,1-2H3;2*1H2. The highest BCUT2D eigenvalue weighted by atomic mass is 31.1. The molecule has 8 aromatic carbocycles. The second-order valence-electron chi connectivity index (χ2n) is 15.8. The minimum absolute atomic E-state index is 0. The lowest BCUT2D eigenvalue weighted by atomic mass is 9.92. The molecule has 0 heterocycles. The summed E-state index contributed by atoms with van der Waals surface area (Å²) in [5.74, 6) is 0. The molecule has 0 amide bonds. The predicted molar refractivity (Wildman–Crippen MR) is 288 cm³/mol. The van der Waals surface area contributed by atoms with E-state index in [2.05, 4.69) is 97.0 Å². The van der Waals surface area contributed by atoms with E-state index in [1.807, 2.05) is 116 Å². The van der Waals surface area contributed by atoms with Crippen LogP contribution >= 0.6 is 7.92 Å². The van der Waals surface area contributed by atoms with E-state index < -0.39 is 7.92 Å². The summed E-state index contributed by atoms with van der Waals surface area (Å²) in [6.07, 6.45) is 6.00. The zero-order chi connectivity index (χ0) is 47.9. The van der Waals surface area contributed by atoms with Crippen molar-refractivity contribution >= 4 is 86.5 Å². The van der Waals surface area contributed by atoms with Gasteiger partial charge in [-0.25, -0.2) is 4.85 Å². The maximum absolute atomic E-state index is 10.4. The maximum atomic E-state index is 10.4. The Balaban J connectivity index is 0.000000241. The Morgan fingerprint density at radius 2 is 0.957 bits per heavy atom. The molecule has 0 fully saturated rings. The van der Waals surface area contributed by atoms with Gasteiger partial charge in [0.05, 0.1) is 29.6 Å². The summed E-state index contributed by atoms with van der Waals surface area (Å²) in [6.45, 7) is 22.3. The van der Waals surface area contributed by atoms with Crippen molar-refractivity contribution in [2.45, 2.75) is 33.9 Å². The molecule has 10 nitrogen and oxygen atoms in total. The molecule has 1 atom stereocenters. The van der Waals surface area contributed by atoms with E-state index >= 15 is 0 Å². The van der Waals surface area contributed by atoms with Gasteiger partial charge in [-0.1, -0.05) is 111 Å². The lowest BCUT2D eigenvalue weighted by Gasteiger charge is -2.20. The number of hydrogen-bond acceptors (Lipinski definition) is 7. The van der Waals surface area contributed by atoms with Gasteiger partial charge >= 0.3 is 0 Å². The number of aldehydes is 1. The molecule has 8 aromatic rings. The molecule has 0 aromatic heterocycles. The molecular formula is C58H57N6O4P. The molecule has 1 unspecified atom stereocenters. The van der Waals surface area contributed by atoms with Crippen LogP contribution in [0.4, 0.5) is 17.1 Å². The topological polar surface area (TPSA) is 183 Å². The molecule has 348 valence electrons. The molecule has 11 heteroatoms. The van der Waals surface area contributed by atoms with Gasteiger partial charge in [-0.3, -0.25) is 4.79 Å². The van der Waals surface area contributed by atoms with Crippen molar-refractivity contribution in [1.82, 2.24) is 0 Å². The number of carbonyl (C=O) groups is 1. The first-order valence-electron chi connectivity index (χ1n) is 22.4. The first-order valence-corrected chi connectivity index (χ1v) is 24.5. The minimum atomic E-state index is -0.462. The number of anilines is 2. The fourth-order valence-electron chi connectivity index (χ4n) is 8.37. The number of aliphatic hydroxyl groups is 1. The number of hydrogen-bond donors (Lipinski definition) is 1. The number of carbonyl (C=O) groups excluding carboxylic acids is 1. The predicted octanol–water partition coefficient (Wildman–Crippen LogP) is 12.4. The Kier molecular flexibility index (Phi) is 20.1. The Morgan fingerprint density at radius 1 is 0.551 bits per heavy atom. The van der Waals surface area contributed by atoms with Gasteiger partial charge in [-0.15, -0.1) is 0 Å². The van der Waals surface area contributed by atoms with Crippen molar-refractivity contribution in [2.75, 3.05) is 49.0 Å². The molecule has 0 saturated carbocycles. The summed E-state index contributed by atoms with van der Waals surface area (Å²) >= 11 is 0. The first-order chi connectivity index (χ1) is 32.7. The van der Waals surface area contributed by atoms with Gasteiger partial charge in [0.15, 0.2) is 0 Å². The number of benzene rings is 8. The molecule has 69 heavy (non-hydrogen) atoms. The van der Waals surface area contributed by atoms with Crippen LogP contribution in [0.3, 0.4) is 0 Å². The summed E-state index contributed by atoms with van der Waals surface area (Å²) in [7, 11) is -0.462. The van der Waals surface area contributed by atoms with Crippen LogP contribution in [0.15, 0.2) is 133 Å². The summed E-state index contributed by atoms with van der Waals surface area (Å²) in [5.41, 5.74) is 8.81. The summed E-state index contributed by atoms with van der Waals surface area (Å²) < 4.78 is 0. The molecule has 8 rings (SSSR count). The summed E-state index contributed by atoms with van der Waals surface area (Å²) in [5, 5.41) is 44.9. The van der Waals surface area contributed by atoms with Crippen molar-refractivity contribution in [2.24, 2.45) is 0 Å². The van der Waals surface area contributed by atoms with E-state index in [9.17, 15) is 25.7 Å². The molecule has 0 aliphatic carbocycles. The van der Waals surface area contributed by atoms with Crippen molar-refractivity contribution in [1.29, 1.82) is 15.8 Å². The second-order valence-corrected chi connectivity index (χ2v) is 18.1. The van der Waals surface area contributed by atoms with E-state index in [1.54, 1.807) is 0 Å². The Morgan fingerprint density at radius 3 is 1.42 bits per heavy atom. The molecular weight excluding hydrogens is 876 g/mol. The van der Waals surface area contributed by atoms with Crippen LogP contribution in [0.2, 0.25) is 0 Å². The monoisotopic (exact) mass is 932 g/mol. The Hall–Kier alpha value is -7.92. The quantitative estimate of drug-likeness (QED) is 0.0415. The van der Waals surface area contributed by atoms with Crippen LogP contribution in [-0.2, 0) is 6.16 Å². The SMILES string of the molecule is CCN(CC)c1ccc(C=O)cc1.CP(CO)Cc1ccc2c(C#N)c3ccccc3c(C#N)c2c1.O.O.[C-]#[N+]c1c2ccccc2c(C#N)c2ccc(C=Cc3ccc(N(CC)CC)cc3)cc12. The largest absolute Gasteiger partial charge is 0.412 e. The highest BCUT2D eigenvalue weighted by Crippen LogP contribution is 2.40. The van der Waals surface area contributed by atoms with Crippen molar-refractivity contribution in [3.63, 3.8) is 0 Å². The first kappa shape index (κ1) is 53.7. The van der Waals surface area contributed by atoms with Crippen LogP contribution in [0.25, 0.3) is 60.1 Å². The molecule has 0 saturated heterocycles. The molecule has 0 bridgehead atoms. The third kappa shape index (κ3) is 12.2. The molecule has 0 spiro atoms. The van der Waals surface area contributed by atoms with Gasteiger partial charge in [0.1, 0.15) is 24.5 Å². The molecule has 0 aliphatic heterocycles. The normalized spacial score (nSPS) is 10.8. The third-order valence-corrected chi connectivity index (χ3v) is 13.3. The smallest absolute Gasteiger partial charge is 0.202 e. The van der Waals surface area contributed by atoms with Crippen LogP contribution in [0, 0.1) is 40.6 Å². The highest BCUT2D eigenvalue weighted by Gasteiger charge is 2.16. The summed E-state index contributed by atoms with van der Waals surface area (Å²) in [4.78, 5) is 18.8. The lowest BCUT2D eigenvalue weighted by molar-refractivity contribution is 0.112. The van der Waals surface area contributed by atoms with Gasteiger partial charge in [0.2, 0.25) is 5.69 Å². The fraction of sp³-hybridized carbons (Fsp3) is 0.190. The number of aliphatic hydroxyl groups excluding tert-OH is 1. The van der Waals surface area contributed by atoms with E-state index in [-0.39, 0.29) is 17.3 Å². The molecule has 0 radical (unpaired) electrons. The second kappa shape index (κ2) is 25.8. The van der Waals surface area contributed by atoms with Gasteiger partial charge < -0.3 is 25.9 Å². The van der Waals surface area contributed by atoms with Crippen molar-refractivity contribution in [3.8, 4) is 18.2 Å². The fourth-order valence-corrected chi connectivity index (χ4v) is 9.29. The van der Waals surface area contributed by atoms with Crippen molar-refractivity contribution < 1.29 is 20.9 Å². The third-order valence-electron chi connectivity index (χ3n) is 11.9. The van der Waals surface area contributed by atoms with Crippen LogP contribution in [0.1, 0.15) is 71.4 Å². The Bertz CT molecular complexity index is 3240. The van der Waals surface area contributed by atoms with Crippen LogP contribution in [0.5, 0.6) is 0 Å². The van der Waals surface area contributed by atoms with Crippen LogP contribution in [-0.4, -0.2) is 61.5 Å². The number of nitrogens with zero attached hydrogens (tertiary/aromatic N) is 6. The lowest BCUT2D eigenvalue weighted by Crippen LogP contribution is -2.21. The zero-order valence-corrected chi connectivity index (χ0v) is 40.6. The van der Waals surface area contributed by atoms with E-state index in [1.165, 1.54) is 11.4 Å². The Labute approximate surface area is 406 Å². The van der Waals surface area contributed by atoms with E-state index in [4.69, 9.17) is 6.57 Å². The summed E-state index contributed by atoms with van der Waals surface area (Å²) in [6, 6.07) is 50.2. The number of nitriles is 3. The van der Waals surface area contributed by atoms with Gasteiger partial charge in [-0.2, -0.15) is 15.8 Å². The average molecular weight is 933 g/mol. The zero-order valence-electron chi connectivity index (χ0n) is 39.7. The van der Waals surface area contributed by atoms with Gasteiger partial charge in [-0.05, 0) is 121 Å². The van der Waals surface area contributed by atoms with Crippen molar-refractivity contribution in [3.05, 3.63) is 184 Å². The minimum Gasteiger partial charge on any atom is -0.412 e. The highest BCUT2D eigenvalue weighted by molar-refractivity contribution is 7.55. The number of rotatable bonds is 12. The van der Waals surface area contributed by atoms with Gasteiger partial charge in [0.25, 0.3) is 0 Å². The van der Waals surface area contributed by atoms with E-state index in [0.29, 0.717) is 22.4 Å². The average Bonchev–Trinajstić information content (AvgIpc) is 3.38. The van der Waals surface area contributed by atoms with E-state index in [0.717, 1.165) is 104 Å². The molecule has 5 N–H and O–H groups in total. The van der Waals surface area contributed by atoms with Gasteiger partial charge in [0, 0.05) is 64.7 Å². The number of fused-ring (bicyclic) bond motifs is 4. The maximum Gasteiger partial charge on any atom is 0.202 e. The molecule has 0 aliphatic rings.